The minimum Gasteiger partial charge on any atom is -0.354 e. The Morgan fingerprint density at radius 3 is 2.43 bits per heavy atom. The van der Waals surface area contributed by atoms with Crippen LogP contribution in [0.2, 0.25) is 0 Å². The smallest absolute Gasteiger partial charge is 0.262 e. The summed E-state index contributed by atoms with van der Waals surface area (Å²) in [5.41, 5.74) is 1.10. The SMILES string of the molecule is Cc1ccnc(Nc2cc(N3CCN(S(=O)(=O)c4cn(C)cn4)CC3)nc(C)n2)c1. The maximum atomic E-state index is 12.8. The second kappa shape index (κ2) is 8.00. The summed E-state index contributed by atoms with van der Waals surface area (Å²) >= 11 is 0. The number of pyridine rings is 1. The van der Waals surface area contributed by atoms with Crippen LogP contribution in [0.25, 0.3) is 0 Å². The standard InChI is InChI=1S/C19H24N8O2S/c1-14-4-5-20-16(10-14)24-17-11-18(23-15(2)22-17)26-6-8-27(9-7-26)30(28,29)19-12-25(3)13-21-19/h4-5,10-13H,6-9H2,1-3H3,(H,20,22,23,24). The molecule has 1 saturated heterocycles. The van der Waals surface area contributed by atoms with Crippen LogP contribution in [-0.4, -0.2) is 63.4 Å². The summed E-state index contributed by atoms with van der Waals surface area (Å²) in [5.74, 6) is 2.75. The fourth-order valence-corrected chi connectivity index (χ4v) is 4.71. The molecule has 1 fully saturated rings. The first-order valence-corrected chi connectivity index (χ1v) is 11.0. The largest absolute Gasteiger partial charge is 0.354 e. The van der Waals surface area contributed by atoms with Crippen molar-refractivity contribution >= 4 is 27.5 Å². The van der Waals surface area contributed by atoms with Gasteiger partial charge in [0.1, 0.15) is 23.3 Å². The molecule has 11 heteroatoms. The molecule has 4 rings (SSSR count). The molecule has 0 atom stereocenters. The summed E-state index contributed by atoms with van der Waals surface area (Å²) in [5, 5.41) is 3.29. The number of nitrogens with one attached hydrogen (secondary N) is 1. The second-order valence-electron chi connectivity index (χ2n) is 7.27. The van der Waals surface area contributed by atoms with Gasteiger partial charge in [-0.2, -0.15) is 4.31 Å². The quantitative estimate of drug-likeness (QED) is 0.651. The van der Waals surface area contributed by atoms with Crippen molar-refractivity contribution in [2.45, 2.75) is 18.9 Å². The average Bonchev–Trinajstić information content (AvgIpc) is 3.15. The first kappa shape index (κ1) is 20.2. The van der Waals surface area contributed by atoms with Gasteiger partial charge in [-0.05, 0) is 31.5 Å². The van der Waals surface area contributed by atoms with E-state index in [0.717, 1.165) is 11.4 Å². The van der Waals surface area contributed by atoms with Crippen LogP contribution in [0.1, 0.15) is 11.4 Å². The van der Waals surface area contributed by atoms with Crippen molar-refractivity contribution in [3.05, 3.63) is 48.3 Å². The molecule has 4 heterocycles. The number of piperazine rings is 1. The second-order valence-corrected chi connectivity index (χ2v) is 9.16. The molecule has 0 bridgehead atoms. The Morgan fingerprint density at radius 1 is 1.00 bits per heavy atom. The van der Waals surface area contributed by atoms with E-state index in [-0.39, 0.29) is 5.03 Å². The van der Waals surface area contributed by atoms with E-state index in [4.69, 9.17) is 0 Å². The number of nitrogens with zero attached hydrogens (tertiary/aromatic N) is 7. The lowest BCUT2D eigenvalue weighted by atomic mass is 10.3. The van der Waals surface area contributed by atoms with Gasteiger partial charge in [-0.3, -0.25) is 0 Å². The number of hydrogen-bond donors (Lipinski definition) is 1. The van der Waals surface area contributed by atoms with E-state index in [1.807, 2.05) is 32.0 Å². The monoisotopic (exact) mass is 428 g/mol. The van der Waals surface area contributed by atoms with E-state index < -0.39 is 10.0 Å². The molecule has 0 saturated carbocycles. The minimum absolute atomic E-state index is 0.0773. The lowest BCUT2D eigenvalue weighted by Gasteiger charge is -2.34. The van der Waals surface area contributed by atoms with Gasteiger partial charge >= 0.3 is 0 Å². The molecule has 0 unspecified atom stereocenters. The van der Waals surface area contributed by atoms with E-state index in [1.165, 1.54) is 16.8 Å². The van der Waals surface area contributed by atoms with Gasteiger partial charge in [-0.25, -0.2) is 28.4 Å². The number of aryl methyl sites for hydroxylation is 3. The van der Waals surface area contributed by atoms with Gasteiger partial charge in [0.2, 0.25) is 0 Å². The highest BCUT2D eigenvalue weighted by Crippen LogP contribution is 2.22. The van der Waals surface area contributed by atoms with Crippen LogP contribution in [0, 0.1) is 13.8 Å². The van der Waals surface area contributed by atoms with Crippen LogP contribution < -0.4 is 10.2 Å². The highest BCUT2D eigenvalue weighted by atomic mass is 32.2. The Hall–Kier alpha value is -3.05. The number of anilines is 3. The Balaban J connectivity index is 1.47. The van der Waals surface area contributed by atoms with Gasteiger partial charge in [0.05, 0.1) is 6.33 Å². The van der Waals surface area contributed by atoms with E-state index in [2.05, 4.69) is 30.2 Å². The van der Waals surface area contributed by atoms with Crippen molar-refractivity contribution in [2.75, 3.05) is 36.4 Å². The van der Waals surface area contributed by atoms with Crippen molar-refractivity contribution in [3.8, 4) is 0 Å². The average molecular weight is 429 g/mol. The molecule has 0 amide bonds. The summed E-state index contributed by atoms with van der Waals surface area (Å²) in [4.78, 5) is 19.3. The molecule has 0 spiro atoms. The van der Waals surface area contributed by atoms with Gasteiger partial charge in [0, 0.05) is 51.7 Å². The minimum atomic E-state index is -3.59. The third-order valence-corrected chi connectivity index (χ3v) is 6.63. The molecule has 30 heavy (non-hydrogen) atoms. The summed E-state index contributed by atoms with van der Waals surface area (Å²) in [6.45, 7) is 5.63. The lowest BCUT2D eigenvalue weighted by molar-refractivity contribution is 0.382. The molecular weight excluding hydrogens is 404 g/mol. The summed E-state index contributed by atoms with van der Waals surface area (Å²) in [6, 6.07) is 5.73. The zero-order valence-corrected chi connectivity index (χ0v) is 18.0. The number of aromatic nitrogens is 5. The molecule has 1 aliphatic heterocycles. The molecule has 0 aliphatic carbocycles. The molecule has 0 aromatic carbocycles. The predicted molar refractivity (Wildman–Crippen MR) is 113 cm³/mol. The molecule has 0 radical (unpaired) electrons. The first-order valence-electron chi connectivity index (χ1n) is 9.60. The maximum absolute atomic E-state index is 12.8. The van der Waals surface area contributed by atoms with Crippen LogP contribution in [0.4, 0.5) is 17.5 Å². The van der Waals surface area contributed by atoms with Crippen LogP contribution in [0.3, 0.4) is 0 Å². The lowest BCUT2D eigenvalue weighted by Crippen LogP contribution is -2.49. The maximum Gasteiger partial charge on any atom is 0.262 e. The first-order chi connectivity index (χ1) is 14.3. The number of imidazole rings is 1. The van der Waals surface area contributed by atoms with Gasteiger partial charge < -0.3 is 14.8 Å². The molecule has 1 N–H and O–H groups in total. The highest BCUT2D eigenvalue weighted by molar-refractivity contribution is 7.89. The fourth-order valence-electron chi connectivity index (χ4n) is 3.33. The summed E-state index contributed by atoms with van der Waals surface area (Å²) in [7, 11) is -1.84. The van der Waals surface area contributed by atoms with E-state index in [1.54, 1.807) is 17.8 Å². The number of rotatable bonds is 5. The zero-order valence-electron chi connectivity index (χ0n) is 17.1. The van der Waals surface area contributed by atoms with Gasteiger partial charge in [-0.1, -0.05) is 0 Å². The van der Waals surface area contributed by atoms with Crippen LogP contribution in [0.15, 0.2) is 41.9 Å². The van der Waals surface area contributed by atoms with E-state index >= 15 is 0 Å². The van der Waals surface area contributed by atoms with Crippen molar-refractivity contribution in [2.24, 2.45) is 7.05 Å². The predicted octanol–water partition coefficient (Wildman–Crippen LogP) is 1.48. The third-order valence-electron chi connectivity index (χ3n) is 4.84. The highest BCUT2D eigenvalue weighted by Gasteiger charge is 2.30. The van der Waals surface area contributed by atoms with Gasteiger partial charge in [-0.15, -0.1) is 0 Å². The number of hydrogen-bond acceptors (Lipinski definition) is 8. The van der Waals surface area contributed by atoms with Gasteiger partial charge in [0.25, 0.3) is 10.0 Å². The van der Waals surface area contributed by atoms with Crippen LogP contribution in [0.5, 0.6) is 0 Å². The Labute approximate surface area is 175 Å². The normalized spacial score (nSPS) is 15.4. The van der Waals surface area contributed by atoms with E-state index in [9.17, 15) is 8.42 Å². The number of sulfonamides is 1. The van der Waals surface area contributed by atoms with Crippen molar-refractivity contribution in [1.82, 2.24) is 28.8 Å². The Bertz CT molecular complexity index is 1150. The topological polar surface area (TPSA) is 109 Å². The molecule has 3 aromatic heterocycles. The van der Waals surface area contributed by atoms with Crippen molar-refractivity contribution < 1.29 is 8.42 Å². The molecular formula is C19H24N8O2S. The van der Waals surface area contributed by atoms with Crippen LogP contribution in [-0.2, 0) is 17.1 Å². The zero-order chi connectivity index (χ0) is 21.3. The Morgan fingerprint density at radius 2 is 1.77 bits per heavy atom. The van der Waals surface area contributed by atoms with Gasteiger partial charge in [0.15, 0.2) is 5.03 Å². The molecule has 3 aromatic rings. The fraction of sp³-hybridized carbons (Fsp3) is 0.368. The van der Waals surface area contributed by atoms with Crippen LogP contribution >= 0.6 is 0 Å². The third kappa shape index (κ3) is 4.26. The molecule has 158 valence electrons. The summed E-state index contributed by atoms with van der Waals surface area (Å²) < 4.78 is 28.6. The van der Waals surface area contributed by atoms with Crippen molar-refractivity contribution in [3.63, 3.8) is 0 Å². The van der Waals surface area contributed by atoms with Crippen molar-refractivity contribution in [1.29, 1.82) is 0 Å². The Kier molecular flexibility index (Phi) is 5.39. The molecule has 1 aliphatic rings. The summed E-state index contributed by atoms with van der Waals surface area (Å²) in [6.07, 6.45) is 4.76. The molecule has 10 nitrogen and oxygen atoms in total. The van der Waals surface area contributed by atoms with E-state index in [0.29, 0.717) is 43.6 Å².